The number of benzene rings is 1. The molecule has 0 aromatic heterocycles. The average Bonchev–Trinajstić information content (AvgIpc) is 3.17. The van der Waals surface area contributed by atoms with E-state index in [4.69, 9.17) is 21.1 Å². The van der Waals surface area contributed by atoms with Gasteiger partial charge in [-0.15, -0.1) is 24.0 Å². The molecule has 2 saturated heterocycles. The predicted octanol–water partition coefficient (Wildman–Crippen LogP) is 3.02. The zero-order valence-electron chi connectivity index (χ0n) is 16.8. The number of likely N-dealkylation sites (tertiary alicyclic amines) is 1. The normalized spacial score (nSPS) is 20.8. The van der Waals surface area contributed by atoms with Crippen LogP contribution in [0.1, 0.15) is 18.4 Å². The molecule has 2 heterocycles. The number of nitrogens with zero attached hydrogens (tertiary/aromatic N) is 3. The standard InChI is InChI=1S/C20H31ClN4O2.HI/c1-16-14-17(21)4-5-19(16)27-11-3-7-23-20(22-2)25-8-6-18(15-25)24-9-12-26-13-10-24;/h4-5,14,18H,3,6-13,15H2,1-2H3,(H,22,23);1H. The van der Waals surface area contributed by atoms with E-state index in [1.165, 1.54) is 6.42 Å². The Morgan fingerprint density at radius 1 is 1.32 bits per heavy atom. The van der Waals surface area contributed by atoms with Crippen LogP contribution in [0.3, 0.4) is 0 Å². The maximum absolute atomic E-state index is 5.98. The van der Waals surface area contributed by atoms with Crippen LogP contribution in [-0.2, 0) is 4.74 Å². The fraction of sp³-hybridized carbons (Fsp3) is 0.650. The molecule has 0 amide bonds. The number of morpholine rings is 1. The van der Waals surface area contributed by atoms with E-state index in [0.717, 1.165) is 74.7 Å². The number of aliphatic imine (C=N–C) groups is 1. The summed E-state index contributed by atoms with van der Waals surface area (Å²) in [5.74, 6) is 1.89. The number of guanidine groups is 1. The van der Waals surface area contributed by atoms with Gasteiger partial charge in [-0.2, -0.15) is 0 Å². The third-order valence-corrected chi connectivity index (χ3v) is 5.47. The smallest absolute Gasteiger partial charge is 0.193 e. The summed E-state index contributed by atoms with van der Waals surface area (Å²) in [6, 6.07) is 6.33. The highest BCUT2D eigenvalue weighted by molar-refractivity contribution is 14.0. The van der Waals surface area contributed by atoms with Crippen molar-refractivity contribution in [2.24, 2.45) is 4.99 Å². The first-order valence-electron chi connectivity index (χ1n) is 9.83. The van der Waals surface area contributed by atoms with E-state index in [1.54, 1.807) is 0 Å². The molecule has 1 aromatic carbocycles. The van der Waals surface area contributed by atoms with Gasteiger partial charge in [0, 0.05) is 50.8 Å². The molecule has 8 heteroatoms. The van der Waals surface area contributed by atoms with Gasteiger partial charge in [-0.25, -0.2) is 0 Å². The predicted molar refractivity (Wildman–Crippen MR) is 125 cm³/mol. The van der Waals surface area contributed by atoms with Gasteiger partial charge in [0.15, 0.2) is 5.96 Å². The molecule has 1 N–H and O–H groups in total. The highest BCUT2D eigenvalue weighted by Crippen LogP contribution is 2.22. The summed E-state index contributed by atoms with van der Waals surface area (Å²) < 4.78 is 11.3. The number of aryl methyl sites for hydroxylation is 1. The minimum Gasteiger partial charge on any atom is -0.493 e. The van der Waals surface area contributed by atoms with Crippen molar-refractivity contribution in [3.05, 3.63) is 28.8 Å². The Balaban J connectivity index is 0.00000280. The van der Waals surface area contributed by atoms with Crippen molar-refractivity contribution >= 4 is 41.5 Å². The van der Waals surface area contributed by atoms with Crippen LogP contribution in [0.2, 0.25) is 5.02 Å². The molecule has 28 heavy (non-hydrogen) atoms. The first-order chi connectivity index (χ1) is 13.2. The molecule has 1 atom stereocenters. The van der Waals surface area contributed by atoms with Gasteiger partial charge >= 0.3 is 0 Å². The maximum atomic E-state index is 5.98. The van der Waals surface area contributed by atoms with Crippen LogP contribution in [0.5, 0.6) is 5.75 Å². The number of halogens is 2. The molecule has 2 fully saturated rings. The molecule has 0 saturated carbocycles. The topological polar surface area (TPSA) is 49.3 Å². The van der Waals surface area contributed by atoms with Crippen molar-refractivity contribution in [3.8, 4) is 5.75 Å². The van der Waals surface area contributed by atoms with E-state index in [9.17, 15) is 0 Å². The Labute approximate surface area is 190 Å². The highest BCUT2D eigenvalue weighted by atomic mass is 127. The third-order valence-electron chi connectivity index (χ3n) is 5.24. The first kappa shape index (κ1) is 23.5. The lowest BCUT2D eigenvalue weighted by atomic mass is 10.2. The van der Waals surface area contributed by atoms with Crippen LogP contribution in [0, 0.1) is 6.92 Å². The van der Waals surface area contributed by atoms with E-state index in [-0.39, 0.29) is 24.0 Å². The van der Waals surface area contributed by atoms with Gasteiger partial charge in [0.2, 0.25) is 0 Å². The number of hydrogen-bond acceptors (Lipinski definition) is 4. The van der Waals surface area contributed by atoms with E-state index in [0.29, 0.717) is 12.6 Å². The van der Waals surface area contributed by atoms with E-state index < -0.39 is 0 Å². The Bertz CT molecular complexity index is 641. The van der Waals surface area contributed by atoms with Crippen molar-refractivity contribution in [3.63, 3.8) is 0 Å². The van der Waals surface area contributed by atoms with Gasteiger partial charge < -0.3 is 19.7 Å². The molecule has 158 valence electrons. The lowest BCUT2D eigenvalue weighted by Gasteiger charge is -2.32. The van der Waals surface area contributed by atoms with Crippen LogP contribution in [0.4, 0.5) is 0 Å². The molecule has 1 unspecified atom stereocenters. The number of hydrogen-bond donors (Lipinski definition) is 1. The molecular weight excluding hydrogens is 491 g/mol. The van der Waals surface area contributed by atoms with Crippen molar-refractivity contribution in [1.29, 1.82) is 0 Å². The van der Waals surface area contributed by atoms with E-state index in [1.807, 2.05) is 32.2 Å². The number of rotatable bonds is 6. The summed E-state index contributed by atoms with van der Waals surface area (Å²) in [5, 5.41) is 4.22. The summed E-state index contributed by atoms with van der Waals surface area (Å²) >= 11 is 5.98. The summed E-state index contributed by atoms with van der Waals surface area (Å²) in [6.45, 7) is 9.44. The third kappa shape index (κ3) is 6.64. The van der Waals surface area contributed by atoms with E-state index >= 15 is 0 Å². The summed E-state index contributed by atoms with van der Waals surface area (Å²) in [4.78, 5) is 9.38. The Kier molecular flexibility index (Phi) is 10.1. The zero-order valence-corrected chi connectivity index (χ0v) is 19.9. The van der Waals surface area contributed by atoms with Gasteiger partial charge in [0.25, 0.3) is 0 Å². The number of nitrogens with one attached hydrogen (secondary N) is 1. The Morgan fingerprint density at radius 3 is 2.82 bits per heavy atom. The van der Waals surface area contributed by atoms with Gasteiger partial charge in [-0.1, -0.05) is 11.6 Å². The Hall–Kier alpha value is -0.770. The second-order valence-electron chi connectivity index (χ2n) is 7.12. The SMILES string of the molecule is CN=C(NCCCOc1ccc(Cl)cc1C)N1CCC(N2CCOCC2)C1.I. The van der Waals surface area contributed by atoms with Crippen LogP contribution in [-0.4, -0.2) is 81.4 Å². The van der Waals surface area contributed by atoms with Crippen LogP contribution >= 0.6 is 35.6 Å². The van der Waals surface area contributed by atoms with Crippen LogP contribution < -0.4 is 10.1 Å². The largest absolute Gasteiger partial charge is 0.493 e. The van der Waals surface area contributed by atoms with Crippen LogP contribution in [0.15, 0.2) is 23.2 Å². The summed E-state index contributed by atoms with van der Waals surface area (Å²) in [6.07, 6.45) is 2.11. The fourth-order valence-electron chi connectivity index (χ4n) is 3.74. The van der Waals surface area contributed by atoms with Crippen molar-refractivity contribution in [2.45, 2.75) is 25.8 Å². The Morgan fingerprint density at radius 2 is 2.11 bits per heavy atom. The molecule has 0 spiro atoms. The lowest BCUT2D eigenvalue weighted by molar-refractivity contribution is 0.0195. The lowest BCUT2D eigenvalue weighted by Crippen LogP contribution is -2.46. The molecular formula is C20H32ClIN4O2. The monoisotopic (exact) mass is 522 g/mol. The zero-order chi connectivity index (χ0) is 19.1. The first-order valence-corrected chi connectivity index (χ1v) is 10.2. The molecule has 1 aromatic rings. The minimum absolute atomic E-state index is 0. The van der Waals surface area contributed by atoms with Gasteiger partial charge in [0.1, 0.15) is 5.75 Å². The average molecular weight is 523 g/mol. The highest BCUT2D eigenvalue weighted by Gasteiger charge is 2.30. The molecule has 0 radical (unpaired) electrons. The van der Waals surface area contributed by atoms with Gasteiger partial charge in [-0.05, 0) is 43.5 Å². The summed E-state index contributed by atoms with van der Waals surface area (Å²) in [7, 11) is 1.86. The molecule has 2 aliphatic heterocycles. The molecule has 6 nitrogen and oxygen atoms in total. The second-order valence-corrected chi connectivity index (χ2v) is 7.56. The van der Waals surface area contributed by atoms with E-state index in [2.05, 4.69) is 20.1 Å². The fourth-order valence-corrected chi connectivity index (χ4v) is 3.96. The molecule has 2 aliphatic rings. The molecule has 0 bridgehead atoms. The molecule has 3 rings (SSSR count). The number of ether oxygens (including phenoxy) is 2. The van der Waals surface area contributed by atoms with Gasteiger partial charge in [0.05, 0.1) is 19.8 Å². The second kappa shape index (κ2) is 12.0. The van der Waals surface area contributed by atoms with Crippen molar-refractivity contribution in [2.75, 3.05) is 59.6 Å². The minimum atomic E-state index is 0. The summed E-state index contributed by atoms with van der Waals surface area (Å²) in [5.41, 5.74) is 1.07. The maximum Gasteiger partial charge on any atom is 0.193 e. The quantitative estimate of drug-likeness (QED) is 0.269. The van der Waals surface area contributed by atoms with Crippen molar-refractivity contribution < 1.29 is 9.47 Å². The van der Waals surface area contributed by atoms with Gasteiger partial charge in [-0.3, -0.25) is 9.89 Å². The van der Waals surface area contributed by atoms with Crippen molar-refractivity contribution in [1.82, 2.24) is 15.1 Å². The van der Waals surface area contributed by atoms with Crippen LogP contribution in [0.25, 0.3) is 0 Å². The molecule has 0 aliphatic carbocycles.